The Labute approximate surface area is 173 Å². The van der Waals surface area contributed by atoms with E-state index in [1.54, 1.807) is 26.4 Å². The minimum Gasteiger partial charge on any atom is -0.504 e. The quantitative estimate of drug-likeness (QED) is 0.710. The molecule has 1 aliphatic rings. The van der Waals surface area contributed by atoms with Crippen molar-refractivity contribution in [2.45, 2.75) is 32.5 Å². The summed E-state index contributed by atoms with van der Waals surface area (Å²) in [5.74, 6) is 1.57. The molecule has 1 atom stereocenters. The van der Waals surface area contributed by atoms with E-state index >= 15 is 0 Å². The van der Waals surface area contributed by atoms with Gasteiger partial charge in [-0.05, 0) is 48.2 Å². The van der Waals surface area contributed by atoms with Crippen LogP contribution in [0.3, 0.4) is 0 Å². The molecule has 0 radical (unpaired) electrons. The number of nitrogens with zero attached hydrogens (tertiary/aromatic N) is 2. The molecule has 0 saturated carbocycles. The second kappa shape index (κ2) is 9.96. The number of aryl methyl sites for hydroxylation is 1. The van der Waals surface area contributed by atoms with Gasteiger partial charge in [0, 0.05) is 45.4 Å². The van der Waals surface area contributed by atoms with E-state index in [1.807, 2.05) is 12.1 Å². The Morgan fingerprint density at radius 2 is 1.66 bits per heavy atom. The SMILES string of the molecule is COc1ccc(CN2CCN(Cc3ccc(OC)c(O)c3)CC2CCO)cc1C. The molecule has 1 aliphatic heterocycles. The fraction of sp³-hybridized carbons (Fsp3) is 0.478. The first-order chi connectivity index (χ1) is 14.0. The van der Waals surface area contributed by atoms with Crippen molar-refractivity contribution in [1.82, 2.24) is 9.80 Å². The summed E-state index contributed by atoms with van der Waals surface area (Å²) in [5, 5.41) is 19.6. The predicted octanol–water partition coefficient (Wildman–Crippen LogP) is 2.79. The van der Waals surface area contributed by atoms with E-state index < -0.39 is 0 Å². The van der Waals surface area contributed by atoms with Crippen molar-refractivity contribution in [3.8, 4) is 17.2 Å². The molecule has 0 spiro atoms. The van der Waals surface area contributed by atoms with Crippen LogP contribution in [0.1, 0.15) is 23.1 Å². The van der Waals surface area contributed by atoms with Crippen LogP contribution in [-0.2, 0) is 13.1 Å². The molecule has 3 rings (SSSR count). The molecule has 1 saturated heterocycles. The maximum atomic E-state index is 10.0. The van der Waals surface area contributed by atoms with Crippen molar-refractivity contribution < 1.29 is 19.7 Å². The minimum atomic E-state index is 0.172. The largest absolute Gasteiger partial charge is 0.504 e. The van der Waals surface area contributed by atoms with E-state index in [0.29, 0.717) is 11.8 Å². The average molecular weight is 401 g/mol. The number of piperazine rings is 1. The first-order valence-electron chi connectivity index (χ1n) is 10.1. The van der Waals surface area contributed by atoms with Crippen molar-refractivity contribution in [2.24, 2.45) is 0 Å². The van der Waals surface area contributed by atoms with Gasteiger partial charge < -0.3 is 19.7 Å². The number of aliphatic hydroxyl groups is 1. The molecular weight excluding hydrogens is 368 g/mol. The molecule has 1 fully saturated rings. The number of ether oxygens (including phenoxy) is 2. The normalized spacial score (nSPS) is 18.0. The maximum absolute atomic E-state index is 10.0. The van der Waals surface area contributed by atoms with E-state index in [0.717, 1.165) is 56.0 Å². The topological polar surface area (TPSA) is 65.4 Å². The van der Waals surface area contributed by atoms with E-state index in [-0.39, 0.29) is 12.4 Å². The average Bonchev–Trinajstić information content (AvgIpc) is 2.70. The summed E-state index contributed by atoms with van der Waals surface area (Å²) in [6, 6.07) is 12.2. The van der Waals surface area contributed by atoms with Gasteiger partial charge in [0.05, 0.1) is 14.2 Å². The van der Waals surface area contributed by atoms with Crippen molar-refractivity contribution in [3.63, 3.8) is 0 Å². The van der Waals surface area contributed by atoms with Crippen LogP contribution in [0.15, 0.2) is 36.4 Å². The molecule has 1 heterocycles. The van der Waals surface area contributed by atoms with Crippen LogP contribution in [0.5, 0.6) is 17.2 Å². The Hall–Kier alpha value is -2.28. The van der Waals surface area contributed by atoms with E-state index in [2.05, 4.69) is 28.9 Å². The third-order valence-electron chi connectivity index (χ3n) is 5.65. The molecule has 1 unspecified atom stereocenters. The number of phenols is 1. The molecule has 0 aliphatic carbocycles. The Morgan fingerprint density at radius 1 is 0.966 bits per heavy atom. The number of rotatable bonds is 8. The number of phenolic OH excluding ortho intramolecular Hbond substituents is 1. The van der Waals surface area contributed by atoms with Crippen molar-refractivity contribution in [1.29, 1.82) is 0 Å². The number of aliphatic hydroxyl groups excluding tert-OH is 1. The Bertz CT molecular complexity index is 811. The van der Waals surface area contributed by atoms with Crippen molar-refractivity contribution in [2.75, 3.05) is 40.5 Å². The van der Waals surface area contributed by atoms with Gasteiger partial charge in [-0.15, -0.1) is 0 Å². The summed E-state index contributed by atoms with van der Waals surface area (Å²) in [7, 11) is 3.25. The highest BCUT2D eigenvalue weighted by Gasteiger charge is 2.27. The van der Waals surface area contributed by atoms with Gasteiger partial charge in [-0.2, -0.15) is 0 Å². The molecule has 0 bridgehead atoms. The summed E-state index contributed by atoms with van der Waals surface area (Å²) in [4.78, 5) is 4.84. The number of hydrogen-bond donors (Lipinski definition) is 2. The lowest BCUT2D eigenvalue weighted by Crippen LogP contribution is -2.52. The first-order valence-corrected chi connectivity index (χ1v) is 10.1. The zero-order valence-electron chi connectivity index (χ0n) is 17.6. The second-order valence-electron chi connectivity index (χ2n) is 7.68. The highest BCUT2D eigenvalue weighted by Crippen LogP contribution is 2.28. The fourth-order valence-electron chi connectivity index (χ4n) is 4.10. The second-order valence-corrected chi connectivity index (χ2v) is 7.68. The molecule has 0 amide bonds. The van der Waals surface area contributed by atoms with Gasteiger partial charge >= 0.3 is 0 Å². The van der Waals surface area contributed by atoms with Gasteiger partial charge in [0.2, 0.25) is 0 Å². The molecule has 2 aromatic rings. The van der Waals surface area contributed by atoms with Crippen LogP contribution in [-0.4, -0.2) is 66.5 Å². The van der Waals surface area contributed by atoms with Crippen LogP contribution in [0, 0.1) is 6.92 Å². The fourth-order valence-corrected chi connectivity index (χ4v) is 4.10. The van der Waals surface area contributed by atoms with Gasteiger partial charge in [0.25, 0.3) is 0 Å². The van der Waals surface area contributed by atoms with Crippen molar-refractivity contribution in [3.05, 3.63) is 53.1 Å². The summed E-state index contributed by atoms with van der Waals surface area (Å²) in [5.41, 5.74) is 3.46. The first kappa shape index (κ1) is 21.4. The zero-order chi connectivity index (χ0) is 20.8. The van der Waals surface area contributed by atoms with Crippen molar-refractivity contribution >= 4 is 0 Å². The summed E-state index contributed by atoms with van der Waals surface area (Å²) >= 11 is 0. The van der Waals surface area contributed by atoms with E-state index in [4.69, 9.17) is 9.47 Å². The Kier molecular flexibility index (Phi) is 7.36. The van der Waals surface area contributed by atoms with Crippen LogP contribution >= 0.6 is 0 Å². The van der Waals surface area contributed by atoms with Crippen LogP contribution in [0.2, 0.25) is 0 Å². The van der Waals surface area contributed by atoms with Gasteiger partial charge in [-0.3, -0.25) is 9.80 Å². The van der Waals surface area contributed by atoms with Gasteiger partial charge in [0.1, 0.15) is 5.75 Å². The molecule has 29 heavy (non-hydrogen) atoms. The lowest BCUT2D eigenvalue weighted by Gasteiger charge is -2.41. The third-order valence-corrected chi connectivity index (χ3v) is 5.65. The minimum absolute atomic E-state index is 0.172. The highest BCUT2D eigenvalue weighted by atomic mass is 16.5. The van der Waals surface area contributed by atoms with Gasteiger partial charge in [0.15, 0.2) is 11.5 Å². The molecule has 158 valence electrons. The molecule has 2 N–H and O–H groups in total. The lowest BCUT2D eigenvalue weighted by molar-refractivity contribution is 0.0499. The van der Waals surface area contributed by atoms with Crippen LogP contribution in [0.25, 0.3) is 0 Å². The molecular formula is C23H32N2O4. The van der Waals surface area contributed by atoms with Crippen LogP contribution < -0.4 is 9.47 Å². The number of aromatic hydroxyl groups is 1. The number of hydrogen-bond acceptors (Lipinski definition) is 6. The van der Waals surface area contributed by atoms with Gasteiger partial charge in [-0.25, -0.2) is 0 Å². The third kappa shape index (κ3) is 5.41. The van der Waals surface area contributed by atoms with Crippen LogP contribution in [0.4, 0.5) is 0 Å². The monoisotopic (exact) mass is 400 g/mol. The molecule has 2 aromatic carbocycles. The maximum Gasteiger partial charge on any atom is 0.160 e. The Balaban J connectivity index is 1.64. The number of benzene rings is 2. The smallest absolute Gasteiger partial charge is 0.160 e. The molecule has 0 aromatic heterocycles. The van der Waals surface area contributed by atoms with Gasteiger partial charge in [-0.1, -0.05) is 18.2 Å². The lowest BCUT2D eigenvalue weighted by atomic mass is 10.0. The molecule has 6 nitrogen and oxygen atoms in total. The summed E-state index contributed by atoms with van der Waals surface area (Å²) < 4.78 is 10.5. The molecule has 6 heteroatoms. The number of methoxy groups -OCH3 is 2. The standard InChI is InChI=1S/C23H32N2O4/c1-17-12-18(4-6-22(17)28-2)15-25-10-9-24(16-20(25)8-11-26)14-19-5-7-23(29-3)21(27)13-19/h4-7,12-13,20,26-27H,8-11,14-16H2,1-3H3. The highest BCUT2D eigenvalue weighted by molar-refractivity contribution is 5.41. The Morgan fingerprint density at radius 3 is 2.28 bits per heavy atom. The summed E-state index contributed by atoms with van der Waals surface area (Å²) in [6.07, 6.45) is 0.750. The van der Waals surface area contributed by atoms with E-state index in [9.17, 15) is 10.2 Å². The summed E-state index contributed by atoms with van der Waals surface area (Å²) in [6.45, 7) is 6.67. The zero-order valence-corrected chi connectivity index (χ0v) is 17.6. The predicted molar refractivity (Wildman–Crippen MR) is 114 cm³/mol. The van der Waals surface area contributed by atoms with E-state index in [1.165, 1.54) is 5.56 Å².